The Bertz CT molecular complexity index is 1520. The second-order valence-electron chi connectivity index (χ2n) is 13.9. The fourth-order valence-electron chi connectivity index (χ4n) is 7.84. The Hall–Kier alpha value is -4.26. The molecule has 260 valence electrons. The van der Waals surface area contributed by atoms with E-state index in [-0.39, 0.29) is 48.0 Å². The van der Waals surface area contributed by atoms with Crippen molar-refractivity contribution in [2.75, 3.05) is 51.1 Å². The summed E-state index contributed by atoms with van der Waals surface area (Å²) in [5.41, 5.74) is 2.80. The summed E-state index contributed by atoms with van der Waals surface area (Å²) in [5.74, 6) is -0.831. The van der Waals surface area contributed by atoms with Gasteiger partial charge in [-0.25, -0.2) is 9.59 Å². The molecule has 0 unspecified atom stereocenters. The molecule has 12 nitrogen and oxygen atoms in total. The van der Waals surface area contributed by atoms with Crippen molar-refractivity contribution in [2.45, 2.75) is 76.0 Å². The molecule has 0 aromatic heterocycles. The Balaban J connectivity index is 1.05. The molecular weight excluding hydrogens is 625 g/mol. The minimum atomic E-state index is -1.06. The molecular formula is C36H46BN5O7. The number of hydrogen-bond acceptors (Lipinski definition) is 7. The van der Waals surface area contributed by atoms with E-state index in [4.69, 9.17) is 17.7 Å². The molecule has 1 atom stereocenters. The number of carbonyl (C=O) groups excluding carboxylic acids is 3. The Kier molecular flexibility index (Phi) is 11.0. The van der Waals surface area contributed by atoms with Crippen molar-refractivity contribution in [3.8, 4) is 5.75 Å². The second-order valence-corrected chi connectivity index (χ2v) is 13.9. The Morgan fingerprint density at radius 2 is 1.55 bits per heavy atom. The molecule has 4 aliphatic rings. The van der Waals surface area contributed by atoms with Gasteiger partial charge in [0.2, 0.25) is 0 Å². The number of nitrogens with one attached hydrogen (secondary N) is 1. The first kappa shape index (κ1) is 34.6. The number of nitrogens with zero attached hydrogens (tertiary/aromatic N) is 4. The predicted octanol–water partition coefficient (Wildman–Crippen LogP) is 2.97. The van der Waals surface area contributed by atoms with Gasteiger partial charge in [-0.15, -0.1) is 0 Å². The highest BCUT2D eigenvalue weighted by Gasteiger charge is 2.37. The van der Waals surface area contributed by atoms with Crippen LogP contribution in [0.4, 0.5) is 15.3 Å². The third-order valence-corrected chi connectivity index (χ3v) is 10.7. The summed E-state index contributed by atoms with van der Waals surface area (Å²) < 4.78 is 5.97. The number of rotatable bonds is 8. The Morgan fingerprint density at radius 3 is 2.24 bits per heavy atom. The minimum absolute atomic E-state index is 0.0139. The van der Waals surface area contributed by atoms with Gasteiger partial charge < -0.3 is 39.9 Å². The third kappa shape index (κ3) is 8.49. The summed E-state index contributed by atoms with van der Waals surface area (Å²) in [6.07, 6.45) is 4.02. The maximum Gasteiger partial charge on any atom is 0.410 e. The molecule has 3 fully saturated rings. The smallest absolute Gasteiger partial charge is 0.410 e. The lowest BCUT2D eigenvalue weighted by atomic mass is 9.91. The van der Waals surface area contributed by atoms with Crippen LogP contribution in [0.15, 0.2) is 42.5 Å². The van der Waals surface area contributed by atoms with Gasteiger partial charge in [-0.1, -0.05) is 35.8 Å². The molecule has 3 N–H and O–H groups in total. The maximum absolute atomic E-state index is 14.0. The molecule has 0 bridgehead atoms. The van der Waals surface area contributed by atoms with Gasteiger partial charge in [-0.05, 0) is 87.2 Å². The van der Waals surface area contributed by atoms with Crippen molar-refractivity contribution in [3.05, 3.63) is 53.6 Å². The molecule has 6 rings (SSSR count). The summed E-state index contributed by atoms with van der Waals surface area (Å²) in [5, 5.41) is 22.1. The zero-order chi connectivity index (χ0) is 34.5. The van der Waals surface area contributed by atoms with Crippen LogP contribution in [0.2, 0.25) is 0 Å². The van der Waals surface area contributed by atoms with Crippen molar-refractivity contribution < 1.29 is 34.1 Å². The fourth-order valence-corrected chi connectivity index (χ4v) is 7.84. The van der Waals surface area contributed by atoms with Crippen molar-refractivity contribution in [2.24, 2.45) is 5.92 Å². The molecule has 0 aliphatic carbocycles. The van der Waals surface area contributed by atoms with Gasteiger partial charge in [0.15, 0.2) is 6.10 Å². The van der Waals surface area contributed by atoms with Gasteiger partial charge in [0.05, 0.1) is 0 Å². The first-order chi connectivity index (χ1) is 23.6. The van der Waals surface area contributed by atoms with Gasteiger partial charge in [0.1, 0.15) is 13.6 Å². The number of phenols is 1. The van der Waals surface area contributed by atoms with E-state index in [1.165, 1.54) is 6.07 Å². The summed E-state index contributed by atoms with van der Waals surface area (Å²) >= 11 is 0. The molecule has 4 amide bonds. The summed E-state index contributed by atoms with van der Waals surface area (Å²) in [4.78, 5) is 59.4. The van der Waals surface area contributed by atoms with Crippen LogP contribution in [0.5, 0.6) is 5.75 Å². The molecule has 2 radical (unpaired) electrons. The SMILES string of the molecule is [B]c1cc(C[C@@H](OC(=O)N2CCC(N3CCc4ccccc4NC3=O)CC2)C(=O)N2CCC(N3CCC(CC(=O)O)CC3)CC2)ccc1O. The summed E-state index contributed by atoms with van der Waals surface area (Å²) in [6, 6.07) is 12.8. The highest BCUT2D eigenvalue weighted by atomic mass is 16.6. The molecule has 0 spiro atoms. The van der Waals surface area contributed by atoms with E-state index >= 15 is 0 Å². The number of fused-ring (bicyclic) bond motifs is 1. The molecule has 3 saturated heterocycles. The number of carboxylic acids is 1. The number of carboxylic acid groups (broad SMARTS) is 1. The van der Waals surface area contributed by atoms with E-state index in [1.54, 1.807) is 21.9 Å². The van der Waals surface area contributed by atoms with Crippen molar-refractivity contribution >= 4 is 43.0 Å². The highest BCUT2D eigenvalue weighted by molar-refractivity contribution is 6.34. The van der Waals surface area contributed by atoms with E-state index in [0.717, 1.165) is 56.4 Å². The number of aliphatic carboxylic acids is 1. The first-order valence-corrected chi connectivity index (χ1v) is 17.6. The summed E-state index contributed by atoms with van der Waals surface area (Å²) in [6.45, 7) is 4.22. The van der Waals surface area contributed by atoms with E-state index in [0.29, 0.717) is 57.2 Å². The van der Waals surface area contributed by atoms with Gasteiger partial charge in [0, 0.05) is 63.3 Å². The molecule has 0 saturated carbocycles. The molecule has 49 heavy (non-hydrogen) atoms. The van der Waals surface area contributed by atoms with Crippen LogP contribution < -0.4 is 10.8 Å². The number of piperidine rings is 3. The quantitative estimate of drug-likeness (QED) is 0.364. The fraction of sp³-hybridized carbons (Fsp3) is 0.556. The number of likely N-dealkylation sites (tertiary alicyclic amines) is 3. The second kappa shape index (κ2) is 15.5. The number of phenolic OH excluding ortho intramolecular Hbond substituents is 1. The number of benzene rings is 2. The number of para-hydroxylation sites is 1. The van der Waals surface area contributed by atoms with Crippen LogP contribution in [0.1, 0.15) is 56.1 Å². The average Bonchev–Trinajstić information content (AvgIpc) is 3.27. The number of carbonyl (C=O) groups is 4. The lowest BCUT2D eigenvalue weighted by molar-refractivity contribution is -0.142. The number of anilines is 1. The topological polar surface area (TPSA) is 143 Å². The molecule has 4 heterocycles. The van der Waals surface area contributed by atoms with E-state index < -0.39 is 18.2 Å². The number of ether oxygens (including phenoxy) is 1. The molecule has 2 aromatic carbocycles. The number of hydrogen-bond donors (Lipinski definition) is 3. The zero-order valence-corrected chi connectivity index (χ0v) is 28.0. The zero-order valence-electron chi connectivity index (χ0n) is 28.0. The average molecular weight is 672 g/mol. The van der Waals surface area contributed by atoms with Crippen LogP contribution in [0.25, 0.3) is 0 Å². The van der Waals surface area contributed by atoms with E-state index in [9.17, 15) is 24.3 Å². The molecule has 2 aromatic rings. The van der Waals surface area contributed by atoms with Gasteiger partial charge in [-0.3, -0.25) is 9.59 Å². The van der Waals surface area contributed by atoms with Crippen molar-refractivity contribution in [1.29, 1.82) is 0 Å². The Labute approximate surface area is 288 Å². The van der Waals surface area contributed by atoms with Gasteiger partial charge in [-0.2, -0.15) is 0 Å². The van der Waals surface area contributed by atoms with Crippen molar-refractivity contribution in [3.63, 3.8) is 0 Å². The van der Waals surface area contributed by atoms with Gasteiger partial charge in [0.25, 0.3) is 5.91 Å². The highest BCUT2D eigenvalue weighted by Crippen LogP contribution is 2.28. The van der Waals surface area contributed by atoms with Crippen LogP contribution >= 0.6 is 0 Å². The van der Waals surface area contributed by atoms with Crippen molar-refractivity contribution in [1.82, 2.24) is 19.6 Å². The third-order valence-electron chi connectivity index (χ3n) is 10.7. The molecule has 4 aliphatic heterocycles. The van der Waals surface area contributed by atoms with E-state index in [2.05, 4.69) is 10.2 Å². The Morgan fingerprint density at radius 1 is 0.878 bits per heavy atom. The predicted molar refractivity (Wildman–Crippen MR) is 184 cm³/mol. The van der Waals surface area contributed by atoms with E-state index in [1.807, 2.05) is 29.2 Å². The normalized spacial score (nSPS) is 20.7. The van der Waals surface area contributed by atoms with Crippen LogP contribution in [0, 0.1) is 5.92 Å². The standard InChI is InChI=1S/C36H46BN5O7/c37-29-21-25(5-6-31(29)43)22-32(34(46)40-16-10-27(11-17-40)39-14-7-24(8-15-39)23-33(44)45)49-36(48)41-18-12-28(13-19-41)42-20-9-26-3-1-2-4-30(26)38-35(42)47/h1-6,21,24,27-28,32,43H,7-20,22-23H2,(H,38,47)(H,44,45)/t32-/m1/s1. The first-order valence-electron chi connectivity index (χ1n) is 17.6. The lowest BCUT2D eigenvalue weighted by Gasteiger charge is -2.42. The minimum Gasteiger partial charge on any atom is -0.509 e. The van der Waals surface area contributed by atoms with Crippen LogP contribution in [-0.4, -0.2) is 126 Å². The maximum atomic E-state index is 14.0. The monoisotopic (exact) mass is 671 g/mol. The number of urea groups is 1. The largest absolute Gasteiger partial charge is 0.509 e. The lowest BCUT2D eigenvalue weighted by Crippen LogP contribution is -2.53. The number of aromatic hydroxyl groups is 1. The molecule has 13 heteroatoms. The number of amides is 4. The van der Waals surface area contributed by atoms with Gasteiger partial charge >= 0.3 is 18.1 Å². The van der Waals surface area contributed by atoms with Crippen LogP contribution in [-0.2, 0) is 27.2 Å². The summed E-state index contributed by atoms with van der Waals surface area (Å²) in [7, 11) is 5.94. The van der Waals surface area contributed by atoms with Crippen LogP contribution in [0.3, 0.4) is 0 Å².